The van der Waals surface area contributed by atoms with Crippen molar-refractivity contribution in [3.63, 3.8) is 0 Å². The Morgan fingerprint density at radius 2 is 1.73 bits per heavy atom. The van der Waals surface area contributed by atoms with Gasteiger partial charge in [-0.25, -0.2) is 0 Å². The van der Waals surface area contributed by atoms with E-state index in [1.807, 2.05) is 0 Å². The zero-order valence-corrected chi connectivity index (χ0v) is 10.1. The molecule has 2 unspecified atom stereocenters. The maximum Gasteiger partial charge on any atom is 0.00128 e. The van der Waals surface area contributed by atoms with Gasteiger partial charge in [0.25, 0.3) is 0 Å². The zero-order chi connectivity index (χ0) is 10.7. The molecule has 2 rings (SSSR count). The molecule has 88 valence electrons. The van der Waals surface area contributed by atoms with Gasteiger partial charge in [0, 0.05) is 6.54 Å². The summed E-state index contributed by atoms with van der Waals surface area (Å²) in [6.45, 7) is 7.28. The number of likely N-dealkylation sites (tertiary alicyclic amines) is 1. The molecular formula is C13H26N2. The minimum absolute atomic E-state index is 0.823. The van der Waals surface area contributed by atoms with Gasteiger partial charge >= 0.3 is 0 Å². The second-order valence-electron chi connectivity index (χ2n) is 5.67. The standard InChI is InChI=1S/C13H26N2/c1-11-5-7-15(8-6-11)10-13-4-2-3-12(13)9-14/h11-13H,2-10,14H2,1H3. The molecule has 0 aromatic heterocycles. The molecule has 1 aliphatic carbocycles. The van der Waals surface area contributed by atoms with Crippen LogP contribution in [-0.2, 0) is 0 Å². The maximum absolute atomic E-state index is 5.83. The number of rotatable bonds is 3. The number of nitrogens with zero attached hydrogens (tertiary/aromatic N) is 1. The quantitative estimate of drug-likeness (QED) is 0.773. The van der Waals surface area contributed by atoms with Crippen LogP contribution in [0.15, 0.2) is 0 Å². The molecule has 0 amide bonds. The predicted molar refractivity (Wildman–Crippen MR) is 64.7 cm³/mol. The van der Waals surface area contributed by atoms with Crippen molar-refractivity contribution in [1.82, 2.24) is 4.90 Å². The van der Waals surface area contributed by atoms with E-state index in [0.717, 1.165) is 24.3 Å². The fourth-order valence-corrected chi connectivity index (χ4v) is 3.24. The summed E-state index contributed by atoms with van der Waals surface area (Å²) in [6, 6.07) is 0. The summed E-state index contributed by atoms with van der Waals surface area (Å²) in [4.78, 5) is 2.68. The van der Waals surface area contributed by atoms with Gasteiger partial charge in [-0.2, -0.15) is 0 Å². The molecule has 2 aliphatic rings. The minimum atomic E-state index is 0.823. The Hall–Kier alpha value is -0.0800. The third-order valence-electron chi connectivity index (χ3n) is 4.49. The van der Waals surface area contributed by atoms with Crippen molar-refractivity contribution in [2.45, 2.75) is 39.0 Å². The molecule has 0 radical (unpaired) electrons. The highest BCUT2D eigenvalue weighted by molar-refractivity contribution is 4.82. The number of hydrogen-bond donors (Lipinski definition) is 1. The minimum Gasteiger partial charge on any atom is -0.330 e. The molecule has 0 spiro atoms. The fourth-order valence-electron chi connectivity index (χ4n) is 3.24. The van der Waals surface area contributed by atoms with Gasteiger partial charge < -0.3 is 10.6 Å². The van der Waals surface area contributed by atoms with Gasteiger partial charge in [-0.3, -0.25) is 0 Å². The topological polar surface area (TPSA) is 29.3 Å². The lowest BCUT2D eigenvalue weighted by atomic mass is 9.93. The summed E-state index contributed by atoms with van der Waals surface area (Å²) in [5, 5.41) is 0. The van der Waals surface area contributed by atoms with Gasteiger partial charge in [0.15, 0.2) is 0 Å². The molecular weight excluding hydrogens is 184 g/mol. The summed E-state index contributed by atoms with van der Waals surface area (Å²) in [6.07, 6.45) is 7.02. The molecule has 1 saturated heterocycles. The van der Waals surface area contributed by atoms with Crippen LogP contribution in [0.3, 0.4) is 0 Å². The molecule has 2 nitrogen and oxygen atoms in total. The first-order valence-corrected chi connectivity index (χ1v) is 6.72. The summed E-state index contributed by atoms with van der Waals surface area (Å²) >= 11 is 0. The molecule has 2 N–H and O–H groups in total. The molecule has 2 heteroatoms. The van der Waals surface area contributed by atoms with E-state index in [0.29, 0.717) is 0 Å². The third kappa shape index (κ3) is 2.94. The lowest BCUT2D eigenvalue weighted by Crippen LogP contribution is -2.38. The molecule has 15 heavy (non-hydrogen) atoms. The number of nitrogens with two attached hydrogens (primary N) is 1. The Balaban J connectivity index is 1.76. The monoisotopic (exact) mass is 210 g/mol. The molecule has 1 saturated carbocycles. The Kier molecular flexibility index (Phi) is 4.04. The van der Waals surface area contributed by atoms with E-state index in [1.165, 1.54) is 51.7 Å². The first-order chi connectivity index (χ1) is 7.29. The van der Waals surface area contributed by atoms with Gasteiger partial charge in [0.05, 0.1) is 0 Å². The first kappa shape index (κ1) is 11.4. The van der Waals surface area contributed by atoms with Crippen molar-refractivity contribution < 1.29 is 0 Å². The normalized spacial score (nSPS) is 34.8. The van der Waals surface area contributed by atoms with Gasteiger partial charge in [-0.1, -0.05) is 13.3 Å². The van der Waals surface area contributed by atoms with Crippen LogP contribution in [0, 0.1) is 17.8 Å². The summed E-state index contributed by atoms with van der Waals surface area (Å²) < 4.78 is 0. The van der Waals surface area contributed by atoms with Crippen molar-refractivity contribution in [1.29, 1.82) is 0 Å². The van der Waals surface area contributed by atoms with Crippen molar-refractivity contribution in [3.05, 3.63) is 0 Å². The Bertz CT molecular complexity index is 185. The average Bonchev–Trinajstić information content (AvgIpc) is 2.69. The third-order valence-corrected chi connectivity index (χ3v) is 4.49. The predicted octanol–water partition coefficient (Wildman–Crippen LogP) is 2.09. The molecule has 0 aromatic rings. The van der Waals surface area contributed by atoms with Gasteiger partial charge in [0.1, 0.15) is 0 Å². The molecule has 1 heterocycles. The van der Waals surface area contributed by atoms with Crippen molar-refractivity contribution in [2.24, 2.45) is 23.5 Å². The fraction of sp³-hybridized carbons (Fsp3) is 1.00. The maximum atomic E-state index is 5.83. The van der Waals surface area contributed by atoms with Crippen LogP contribution < -0.4 is 5.73 Å². The van der Waals surface area contributed by atoms with Gasteiger partial charge in [-0.05, 0) is 63.1 Å². The average molecular weight is 210 g/mol. The Morgan fingerprint density at radius 3 is 2.40 bits per heavy atom. The lowest BCUT2D eigenvalue weighted by molar-refractivity contribution is 0.154. The number of piperidine rings is 1. The molecule has 0 bridgehead atoms. The first-order valence-electron chi connectivity index (χ1n) is 6.72. The van der Waals surface area contributed by atoms with E-state index in [2.05, 4.69) is 11.8 Å². The second kappa shape index (κ2) is 5.31. The second-order valence-corrected chi connectivity index (χ2v) is 5.67. The van der Waals surface area contributed by atoms with Crippen LogP contribution in [0.5, 0.6) is 0 Å². The highest BCUT2D eigenvalue weighted by Crippen LogP contribution is 2.32. The van der Waals surface area contributed by atoms with Crippen molar-refractivity contribution >= 4 is 0 Å². The van der Waals surface area contributed by atoms with Crippen LogP contribution >= 0.6 is 0 Å². The Morgan fingerprint density at radius 1 is 1.07 bits per heavy atom. The van der Waals surface area contributed by atoms with Crippen molar-refractivity contribution in [2.75, 3.05) is 26.2 Å². The molecule has 2 atom stereocenters. The van der Waals surface area contributed by atoms with E-state index >= 15 is 0 Å². The van der Waals surface area contributed by atoms with Gasteiger partial charge in [0.2, 0.25) is 0 Å². The van der Waals surface area contributed by atoms with Crippen LogP contribution in [-0.4, -0.2) is 31.1 Å². The lowest BCUT2D eigenvalue weighted by Gasteiger charge is -2.33. The van der Waals surface area contributed by atoms with Crippen LogP contribution in [0.25, 0.3) is 0 Å². The van der Waals surface area contributed by atoms with Crippen LogP contribution in [0.1, 0.15) is 39.0 Å². The largest absolute Gasteiger partial charge is 0.330 e. The highest BCUT2D eigenvalue weighted by Gasteiger charge is 2.28. The van der Waals surface area contributed by atoms with E-state index in [4.69, 9.17) is 5.73 Å². The summed E-state index contributed by atoms with van der Waals surface area (Å²) in [5.41, 5.74) is 5.83. The molecule has 0 aromatic carbocycles. The van der Waals surface area contributed by atoms with Crippen molar-refractivity contribution in [3.8, 4) is 0 Å². The molecule has 1 aliphatic heterocycles. The van der Waals surface area contributed by atoms with E-state index in [9.17, 15) is 0 Å². The van der Waals surface area contributed by atoms with Crippen LogP contribution in [0.2, 0.25) is 0 Å². The Labute approximate surface area is 94.2 Å². The zero-order valence-electron chi connectivity index (χ0n) is 10.1. The SMILES string of the molecule is CC1CCN(CC2CCCC2CN)CC1. The number of hydrogen-bond acceptors (Lipinski definition) is 2. The van der Waals surface area contributed by atoms with Gasteiger partial charge in [-0.15, -0.1) is 0 Å². The van der Waals surface area contributed by atoms with E-state index in [1.54, 1.807) is 0 Å². The smallest absolute Gasteiger partial charge is 0.00128 e. The van der Waals surface area contributed by atoms with E-state index < -0.39 is 0 Å². The highest BCUT2D eigenvalue weighted by atomic mass is 15.1. The van der Waals surface area contributed by atoms with Crippen LogP contribution in [0.4, 0.5) is 0 Å². The summed E-state index contributed by atoms with van der Waals surface area (Å²) in [5.74, 6) is 2.68. The van der Waals surface area contributed by atoms with E-state index in [-0.39, 0.29) is 0 Å². The summed E-state index contributed by atoms with van der Waals surface area (Å²) in [7, 11) is 0. The molecule has 2 fully saturated rings.